The quantitative estimate of drug-likeness (QED) is 0.806. The molecule has 0 aliphatic carbocycles. The highest BCUT2D eigenvalue weighted by molar-refractivity contribution is 6.31. The number of rotatable bonds is 6. The van der Waals surface area contributed by atoms with Gasteiger partial charge in [0, 0.05) is 29.2 Å². The fraction of sp³-hybridized carbons (Fsp3) is 0.263. The first-order chi connectivity index (χ1) is 12.3. The number of likely N-dealkylation sites (N-methyl/N-ethyl adjacent to an activating group) is 1. The van der Waals surface area contributed by atoms with Gasteiger partial charge in [-0.15, -0.1) is 0 Å². The van der Waals surface area contributed by atoms with Gasteiger partial charge >= 0.3 is 0 Å². The van der Waals surface area contributed by atoms with Crippen LogP contribution in [-0.4, -0.2) is 29.8 Å². The van der Waals surface area contributed by atoms with Crippen LogP contribution >= 0.6 is 23.2 Å². The number of benzene rings is 2. The standard InChI is InChI=1S/C19H19Cl2FN2O2/c1-12(19(26)23-2)24(11-13-6-3-4-7-15(13)20)18(25)10-14-16(21)8-5-9-17(14)22/h3-9,12H,10-11H2,1-2H3,(H,23,26)/t12-/m1/s1. The van der Waals surface area contributed by atoms with E-state index in [1.54, 1.807) is 31.2 Å². The predicted molar refractivity (Wildman–Crippen MR) is 101 cm³/mol. The Hall–Kier alpha value is -2.11. The molecule has 2 aromatic rings. The lowest BCUT2D eigenvalue weighted by atomic mass is 10.1. The summed E-state index contributed by atoms with van der Waals surface area (Å²) in [5, 5.41) is 3.18. The highest BCUT2D eigenvalue weighted by Crippen LogP contribution is 2.23. The third-order valence-corrected chi connectivity index (χ3v) is 4.82. The molecule has 0 heterocycles. The molecule has 0 spiro atoms. The smallest absolute Gasteiger partial charge is 0.242 e. The zero-order valence-corrected chi connectivity index (χ0v) is 15.9. The molecule has 26 heavy (non-hydrogen) atoms. The highest BCUT2D eigenvalue weighted by Gasteiger charge is 2.27. The van der Waals surface area contributed by atoms with Gasteiger partial charge in [0.1, 0.15) is 11.9 Å². The van der Waals surface area contributed by atoms with Crippen molar-refractivity contribution in [1.82, 2.24) is 10.2 Å². The number of halogens is 3. The minimum absolute atomic E-state index is 0.104. The Balaban J connectivity index is 2.32. The first-order valence-corrected chi connectivity index (χ1v) is 8.78. The molecule has 0 aliphatic heterocycles. The largest absolute Gasteiger partial charge is 0.357 e. The Morgan fingerprint density at radius 2 is 1.77 bits per heavy atom. The maximum atomic E-state index is 14.0. The Kier molecular flexibility index (Phi) is 7.00. The van der Waals surface area contributed by atoms with Gasteiger partial charge in [0.25, 0.3) is 0 Å². The van der Waals surface area contributed by atoms with Gasteiger partial charge in [0.2, 0.25) is 11.8 Å². The van der Waals surface area contributed by atoms with Crippen molar-refractivity contribution in [3.63, 3.8) is 0 Å². The molecule has 0 saturated heterocycles. The third-order valence-electron chi connectivity index (χ3n) is 4.10. The van der Waals surface area contributed by atoms with Crippen molar-refractivity contribution in [2.45, 2.75) is 25.9 Å². The summed E-state index contributed by atoms with van der Waals surface area (Å²) < 4.78 is 14.0. The van der Waals surface area contributed by atoms with E-state index >= 15 is 0 Å². The van der Waals surface area contributed by atoms with Crippen LogP contribution in [0.5, 0.6) is 0 Å². The van der Waals surface area contributed by atoms with E-state index in [2.05, 4.69) is 5.32 Å². The van der Waals surface area contributed by atoms with Crippen LogP contribution < -0.4 is 5.32 Å². The lowest BCUT2D eigenvalue weighted by Crippen LogP contribution is -2.47. The summed E-state index contributed by atoms with van der Waals surface area (Å²) in [7, 11) is 1.49. The highest BCUT2D eigenvalue weighted by atomic mass is 35.5. The molecule has 138 valence electrons. The van der Waals surface area contributed by atoms with Gasteiger partial charge in [-0.25, -0.2) is 4.39 Å². The fourth-order valence-electron chi connectivity index (χ4n) is 2.56. The summed E-state index contributed by atoms with van der Waals surface area (Å²) in [5.41, 5.74) is 0.797. The molecule has 2 aromatic carbocycles. The molecular weight excluding hydrogens is 378 g/mol. The Morgan fingerprint density at radius 1 is 1.12 bits per heavy atom. The summed E-state index contributed by atoms with van der Waals surface area (Å²) in [6, 6.07) is 10.5. The number of carbonyl (C=O) groups excluding carboxylic acids is 2. The Bertz CT molecular complexity index is 794. The number of amides is 2. The topological polar surface area (TPSA) is 49.4 Å². The van der Waals surface area contributed by atoms with Crippen molar-refractivity contribution in [2.24, 2.45) is 0 Å². The second-order valence-corrected chi connectivity index (χ2v) is 6.59. The lowest BCUT2D eigenvalue weighted by Gasteiger charge is -2.29. The molecule has 0 aliphatic rings. The number of hydrogen-bond donors (Lipinski definition) is 1. The van der Waals surface area contributed by atoms with Crippen LogP contribution in [0, 0.1) is 5.82 Å². The zero-order chi connectivity index (χ0) is 19.3. The summed E-state index contributed by atoms with van der Waals surface area (Å²) in [6.07, 6.45) is -0.253. The van der Waals surface area contributed by atoms with Crippen LogP contribution in [0.25, 0.3) is 0 Å². The number of nitrogens with zero attached hydrogens (tertiary/aromatic N) is 1. The van der Waals surface area contributed by atoms with Crippen molar-refractivity contribution in [1.29, 1.82) is 0 Å². The number of hydrogen-bond acceptors (Lipinski definition) is 2. The summed E-state index contributed by atoms with van der Waals surface area (Å²) in [6.45, 7) is 1.73. The molecule has 2 rings (SSSR count). The monoisotopic (exact) mass is 396 g/mol. The molecule has 1 atom stereocenters. The molecule has 7 heteroatoms. The average molecular weight is 397 g/mol. The van der Waals surface area contributed by atoms with Crippen LogP contribution in [0.4, 0.5) is 4.39 Å². The van der Waals surface area contributed by atoms with E-state index in [1.165, 1.54) is 30.1 Å². The Labute approximate surface area is 161 Å². The van der Waals surface area contributed by atoms with Crippen LogP contribution in [0.3, 0.4) is 0 Å². The molecule has 0 aromatic heterocycles. The van der Waals surface area contributed by atoms with Crippen LogP contribution in [0.1, 0.15) is 18.1 Å². The van der Waals surface area contributed by atoms with Gasteiger partial charge in [0.05, 0.1) is 6.42 Å². The SMILES string of the molecule is CNC(=O)[C@@H](C)N(Cc1ccccc1Cl)C(=O)Cc1c(F)cccc1Cl. The fourth-order valence-corrected chi connectivity index (χ4v) is 2.98. The van der Waals surface area contributed by atoms with Crippen LogP contribution in [0.2, 0.25) is 10.0 Å². The van der Waals surface area contributed by atoms with Crippen molar-refractivity contribution in [2.75, 3.05) is 7.05 Å². The van der Waals surface area contributed by atoms with Crippen molar-refractivity contribution in [3.05, 3.63) is 69.5 Å². The van der Waals surface area contributed by atoms with Gasteiger partial charge in [-0.2, -0.15) is 0 Å². The Morgan fingerprint density at radius 3 is 2.38 bits per heavy atom. The van der Waals surface area contributed by atoms with E-state index < -0.39 is 17.8 Å². The number of nitrogens with one attached hydrogen (secondary N) is 1. The van der Waals surface area contributed by atoms with E-state index in [0.29, 0.717) is 10.6 Å². The van der Waals surface area contributed by atoms with Crippen molar-refractivity contribution < 1.29 is 14.0 Å². The molecular formula is C19H19Cl2FN2O2. The van der Waals surface area contributed by atoms with Crippen LogP contribution in [0.15, 0.2) is 42.5 Å². The van der Waals surface area contributed by atoms with E-state index in [1.807, 2.05) is 0 Å². The van der Waals surface area contributed by atoms with Gasteiger partial charge in [-0.05, 0) is 30.7 Å². The third kappa shape index (κ3) is 4.74. The van der Waals surface area contributed by atoms with E-state index in [-0.39, 0.29) is 29.5 Å². The first kappa shape index (κ1) is 20.2. The summed E-state index contributed by atoms with van der Waals surface area (Å²) >= 11 is 12.2. The minimum Gasteiger partial charge on any atom is -0.357 e. The molecule has 0 fully saturated rings. The summed E-state index contributed by atoms with van der Waals surface area (Å²) in [4.78, 5) is 26.3. The number of carbonyl (C=O) groups is 2. The maximum Gasteiger partial charge on any atom is 0.242 e. The predicted octanol–water partition coefficient (Wildman–Crippen LogP) is 3.84. The molecule has 1 N–H and O–H groups in total. The van der Waals surface area contributed by atoms with Crippen LogP contribution in [-0.2, 0) is 22.6 Å². The van der Waals surface area contributed by atoms with Gasteiger partial charge in [-0.3, -0.25) is 9.59 Å². The maximum absolute atomic E-state index is 14.0. The van der Waals surface area contributed by atoms with E-state index in [0.717, 1.165) is 0 Å². The molecule has 0 unspecified atom stereocenters. The lowest BCUT2D eigenvalue weighted by molar-refractivity contribution is -0.139. The molecule has 0 bridgehead atoms. The average Bonchev–Trinajstić information content (AvgIpc) is 2.62. The zero-order valence-electron chi connectivity index (χ0n) is 14.4. The summed E-state index contributed by atoms with van der Waals surface area (Å²) in [5.74, 6) is -1.31. The molecule has 2 amide bonds. The van der Waals surface area contributed by atoms with Gasteiger partial charge < -0.3 is 10.2 Å². The second kappa shape index (κ2) is 9.01. The first-order valence-electron chi connectivity index (χ1n) is 8.02. The van der Waals surface area contributed by atoms with E-state index in [9.17, 15) is 14.0 Å². The minimum atomic E-state index is -0.755. The molecule has 0 radical (unpaired) electrons. The van der Waals surface area contributed by atoms with Crippen molar-refractivity contribution >= 4 is 35.0 Å². The normalized spacial score (nSPS) is 11.7. The van der Waals surface area contributed by atoms with E-state index in [4.69, 9.17) is 23.2 Å². The van der Waals surface area contributed by atoms with Gasteiger partial charge in [-0.1, -0.05) is 47.5 Å². The van der Waals surface area contributed by atoms with Crippen molar-refractivity contribution in [3.8, 4) is 0 Å². The molecule has 4 nitrogen and oxygen atoms in total. The second-order valence-electron chi connectivity index (χ2n) is 5.78. The van der Waals surface area contributed by atoms with Gasteiger partial charge in [0.15, 0.2) is 0 Å². The molecule has 0 saturated carbocycles.